The first kappa shape index (κ1) is 24.2. The highest BCUT2D eigenvalue weighted by Gasteiger charge is 2.48. The molecule has 1 aliphatic heterocycles. The van der Waals surface area contributed by atoms with Gasteiger partial charge in [0.1, 0.15) is 22.7 Å². The first-order valence-electron chi connectivity index (χ1n) is 13.1. The number of hydrogen-bond acceptors (Lipinski definition) is 4. The fourth-order valence-corrected chi connectivity index (χ4v) is 5.51. The van der Waals surface area contributed by atoms with E-state index in [-0.39, 0.29) is 17.9 Å². The zero-order valence-electron chi connectivity index (χ0n) is 21.2. The van der Waals surface area contributed by atoms with Crippen molar-refractivity contribution in [3.63, 3.8) is 0 Å². The van der Waals surface area contributed by atoms with Gasteiger partial charge in [-0.1, -0.05) is 31.4 Å². The molecule has 0 spiro atoms. The first-order chi connectivity index (χ1) is 17.5. The van der Waals surface area contributed by atoms with E-state index in [0.29, 0.717) is 37.6 Å². The molecule has 7 nitrogen and oxygen atoms in total. The molecule has 1 atom stereocenters. The third-order valence-electron chi connectivity index (χ3n) is 7.57. The average Bonchev–Trinajstić information content (AvgIpc) is 3.56. The molecule has 3 aromatic rings. The number of benzene rings is 1. The van der Waals surface area contributed by atoms with Gasteiger partial charge in [0.25, 0.3) is 5.91 Å². The summed E-state index contributed by atoms with van der Waals surface area (Å²) < 4.78 is 13.1. The number of fused-ring (bicyclic) bond motifs is 1. The van der Waals surface area contributed by atoms with E-state index in [9.17, 15) is 9.59 Å². The summed E-state index contributed by atoms with van der Waals surface area (Å²) in [5.41, 5.74) is 1.47. The van der Waals surface area contributed by atoms with Gasteiger partial charge in [-0.3, -0.25) is 9.59 Å². The minimum atomic E-state index is -1.02. The predicted octanol–water partition coefficient (Wildman–Crippen LogP) is 5.05. The molecule has 1 aromatic carbocycles. The molecule has 0 saturated heterocycles. The summed E-state index contributed by atoms with van der Waals surface area (Å²) in [6, 6.07) is 15.6. The lowest BCUT2D eigenvalue weighted by atomic mass is 9.91. The van der Waals surface area contributed by atoms with Crippen molar-refractivity contribution in [3.8, 4) is 17.2 Å². The molecule has 1 saturated carbocycles. The van der Waals surface area contributed by atoms with Crippen LogP contribution >= 0.6 is 0 Å². The van der Waals surface area contributed by atoms with E-state index >= 15 is 0 Å². The Hall–Kier alpha value is -3.48. The highest BCUT2D eigenvalue weighted by Crippen LogP contribution is 2.34. The van der Waals surface area contributed by atoms with Gasteiger partial charge < -0.3 is 23.9 Å². The van der Waals surface area contributed by atoms with Crippen LogP contribution in [0.15, 0.2) is 59.2 Å². The van der Waals surface area contributed by atoms with Crippen molar-refractivity contribution in [1.29, 1.82) is 0 Å². The molecule has 3 heterocycles. The van der Waals surface area contributed by atoms with Gasteiger partial charge in [-0.25, -0.2) is 0 Å². The molecular weight excluding hydrogens is 454 g/mol. The molecule has 7 heteroatoms. The van der Waals surface area contributed by atoms with E-state index in [1.165, 1.54) is 6.42 Å². The van der Waals surface area contributed by atoms with Crippen molar-refractivity contribution in [3.05, 3.63) is 66.1 Å². The highest BCUT2D eigenvalue weighted by molar-refractivity contribution is 6.00. The lowest BCUT2D eigenvalue weighted by Gasteiger charge is -2.45. The third kappa shape index (κ3) is 4.66. The van der Waals surface area contributed by atoms with Gasteiger partial charge in [-0.2, -0.15) is 0 Å². The van der Waals surface area contributed by atoms with Crippen molar-refractivity contribution in [1.82, 2.24) is 14.8 Å². The highest BCUT2D eigenvalue weighted by atomic mass is 16.5. The van der Waals surface area contributed by atoms with Crippen LogP contribution in [0.25, 0.3) is 11.5 Å². The van der Waals surface area contributed by atoms with E-state index < -0.39 is 5.54 Å². The molecule has 0 radical (unpaired) electrons. The Labute approximate surface area is 212 Å². The van der Waals surface area contributed by atoms with Crippen molar-refractivity contribution >= 4 is 11.8 Å². The van der Waals surface area contributed by atoms with Crippen molar-refractivity contribution in [2.75, 3.05) is 13.2 Å². The Kier molecular flexibility index (Phi) is 6.90. The van der Waals surface area contributed by atoms with Gasteiger partial charge in [0.15, 0.2) is 0 Å². The lowest BCUT2D eigenvalue weighted by Crippen LogP contribution is -2.65. The van der Waals surface area contributed by atoms with E-state index in [1.807, 2.05) is 66.9 Å². The van der Waals surface area contributed by atoms with E-state index in [1.54, 1.807) is 11.2 Å². The maximum atomic E-state index is 13.8. The number of hydrogen-bond donors (Lipinski definition) is 1. The average molecular weight is 490 g/mol. The monoisotopic (exact) mass is 489 g/mol. The minimum Gasteiger partial charge on any atom is -0.494 e. The predicted molar refractivity (Wildman–Crippen MR) is 138 cm³/mol. The van der Waals surface area contributed by atoms with E-state index in [2.05, 4.69) is 5.32 Å². The molecule has 5 rings (SSSR count). The maximum absolute atomic E-state index is 13.8. The smallest absolute Gasteiger partial charge is 0.271 e. The molecule has 1 fully saturated rings. The summed E-state index contributed by atoms with van der Waals surface area (Å²) in [6.45, 7) is 5.30. The van der Waals surface area contributed by atoms with E-state index in [4.69, 9.17) is 9.15 Å². The number of ether oxygens (including phenoxy) is 1. The number of furan rings is 1. The van der Waals surface area contributed by atoms with Crippen molar-refractivity contribution in [2.45, 2.75) is 70.5 Å². The SMILES string of the molecule is CCOc1ccc(CCN2C(=O)c3ccc(-c4ccco4)n3C[C@]2(C)C(=O)NC2CCCCC2)cc1. The number of nitrogens with one attached hydrogen (secondary N) is 1. The number of amides is 2. The Morgan fingerprint density at radius 1 is 1.08 bits per heavy atom. The summed E-state index contributed by atoms with van der Waals surface area (Å²) in [7, 11) is 0. The Balaban J connectivity index is 1.43. The molecule has 1 N–H and O–H groups in total. The van der Waals surface area contributed by atoms with Gasteiger partial charge in [-0.05, 0) is 75.1 Å². The standard InChI is InChI=1S/C29H35N3O4/c1-3-35-23-13-11-21(12-14-23)17-18-32-27(33)25-16-15-24(26-10-7-19-36-26)31(25)20-29(32,2)28(34)30-22-8-5-4-6-9-22/h7,10-16,19,22H,3-6,8-9,17-18,20H2,1-2H3,(H,30,34)/t29-/m1/s1. The number of nitrogens with zero attached hydrogens (tertiary/aromatic N) is 2. The molecule has 2 amide bonds. The van der Waals surface area contributed by atoms with Crippen molar-refractivity contribution in [2.24, 2.45) is 0 Å². The number of rotatable bonds is 8. The van der Waals surface area contributed by atoms with Gasteiger partial charge in [-0.15, -0.1) is 0 Å². The van der Waals surface area contributed by atoms with Crippen LogP contribution < -0.4 is 10.1 Å². The fourth-order valence-electron chi connectivity index (χ4n) is 5.51. The van der Waals surface area contributed by atoms with Crippen molar-refractivity contribution < 1.29 is 18.7 Å². The van der Waals surface area contributed by atoms with Crippen LogP contribution in [-0.2, 0) is 17.8 Å². The molecule has 2 aliphatic rings. The van der Waals surface area contributed by atoms with Gasteiger partial charge in [0.05, 0.1) is 25.1 Å². The fraction of sp³-hybridized carbons (Fsp3) is 0.448. The second-order valence-corrected chi connectivity index (χ2v) is 10.0. The second kappa shape index (κ2) is 10.2. The normalized spacial score (nSPS) is 20.3. The molecular formula is C29H35N3O4. The quantitative estimate of drug-likeness (QED) is 0.480. The summed E-state index contributed by atoms with van der Waals surface area (Å²) in [4.78, 5) is 29.5. The van der Waals surface area contributed by atoms with Crippen LogP contribution in [0.4, 0.5) is 0 Å². The number of carbonyl (C=O) groups is 2. The topological polar surface area (TPSA) is 76.7 Å². The summed E-state index contributed by atoms with van der Waals surface area (Å²) >= 11 is 0. The van der Waals surface area contributed by atoms with Gasteiger partial charge >= 0.3 is 0 Å². The molecule has 0 bridgehead atoms. The van der Waals surface area contributed by atoms with Crippen LogP contribution in [-0.4, -0.2) is 46.0 Å². The summed E-state index contributed by atoms with van der Waals surface area (Å²) in [6.07, 6.45) is 7.74. The molecule has 2 aromatic heterocycles. The zero-order valence-corrected chi connectivity index (χ0v) is 21.2. The van der Waals surface area contributed by atoms with Crippen LogP contribution in [0.3, 0.4) is 0 Å². The minimum absolute atomic E-state index is 0.0841. The summed E-state index contributed by atoms with van der Waals surface area (Å²) in [5.74, 6) is 1.30. The Bertz CT molecular complexity index is 1190. The van der Waals surface area contributed by atoms with E-state index in [0.717, 1.165) is 42.7 Å². The van der Waals surface area contributed by atoms with Gasteiger partial charge in [0.2, 0.25) is 5.91 Å². The Morgan fingerprint density at radius 2 is 1.83 bits per heavy atom. The molecule has 190 valence electrons. The number of aromatic nitrogens is 1. The molecule has 1 aliphatic carbocycles. The maximum Gasteiger partial charge on any atom is 0.271 e. The Morgan fingerprint density at radius 3 is 2.53 bits per heavy atom. The molecule has 36 heavy (non-hydrogen) atoms. The largest absolute Gasteiger partial charge is 0.494 e. The first-order valence-corrected chi connectivity index (χ1v) is 13.1. The third-order valence-corrected chi connectivity index (χ3v) is 7.57. The van der Waals surface area contributed by atoms with Crippen LogP contribution in [0, 0.1) is 0 Å². The summed E-state index contributed by atoms with van der Waals surface area (Å²) in [5, 5.41) is 3.29. The number of carbonyl (C=O) groups excluding carboxylic acids is 2. The molecule has 0 unspecified atom stereocenters. The zero-order chi connectivity index (χ0) is 25.1. The lowest BCUT2D eigenvalue weighted by molar-refractivity contribution is -0.133. The van der Waals surface area contributed by atoms with Crippen LogP contribution in [0.1, 0.15) is 62.0 Å². The second-order valence-electron chi connectivity index (χ2n) is 10.0. The van der Waals surface area contributed by atoms with Crippen LogP contribution in [0.5, 0.6) is 5.75 Å². The van der Waals surface area contributed by atoms with Crippen LogP contribution in [0.2, 0.25) is 0 Å². The van der Waals surface area contributed by atoms with Gasteiger partial charge in [0, 0.05) is 12.6 Å².